The number of benzene rings is 1. The molecule has 1 fully saturated rings. The van der Waals surface area contributed by atoms with Crippen molar-refractivity contribution in [1.82, 2.24) is 0 Å². The Hall–Kier alpha value is -1.34. The fourth-order valence-corrected chi connectivity index (χ4v) is 2.49. The molecule has 0 unspecified atom stereocenters. The maximum absolute atomic E-state index is 13.6. The van der Waals surface area contributed by atoms with E-state index in [0.29, 0.717) is 26.3 Å². The third kappa shape index (κ3) is 3.57. The molecule has 0 amide bonds. The highest BCUT2D eigenvalue weighted by molar-refractivity contribution is 7.92. The molecular formula is C12H17FN2O3S. The lowest BCUT2D eigenvalue weighted by Crippen LogP contribution is -2.36. The molecule has 7 heteroatoms. The SMILES string of the molecule is CCS(=O)(=O)Nc1cc(N2CCOCC2)ccc1F. The van der Waals surface area contributed by atoms with Crippen LogP contribution in [-0.4, -0.2) is 40.5 Å². The van der Waals surface area contributed by atoms with Crippen LogP contribution < -0.4 is 9.62 Å². The monoisotopic (exact) mass is 288 g/mol. The summed E-state index contributed by atoms with van der Waals surface area (Å²) in [6.45, 7) is 4.17. The Morgan fingerprint density at radius 2 is 2.05 bits per heavy atom. The van der Waals surface area contributed by atoms with Crippen molar-refractivity contribution < 1.29 is 17.5 Å². The first-order valence-electron chi connectivity index (χ1n) is 6.14. The van der Waals surface area contributed by atoms with Crippen LogP contribution in [0.15, 0.2) is 18.2 Å². The van der Waals surface area contributed by atoms with E-state index in [1.807, 2.05) is 4.90 Å². The summed E-state index contributed by atoms with van der Waals surface area (Å²) in [6, 6.07) is 4.44. The van der Waals surface area contributed by atoms with Gasteiger partial charge in [0.1, 0.15) is 5.82 Å². The van der Waals surface area contributed by atoms with Crippen LogP contribution in [0.5, 0.6) is 0 Å². The third-order valence-electron chi connectivity index (χ3n) is 2.97. The fraction of sp³-hybridized carbons (Fsp3) is 0.500. The molecule has 1 saturated heterocycles. The third-order valence-corrected chi connectivity index (χ3v) is 4.26. The van der Waals surface area contributed by atoms with Crippen LogP contribution in [0.2, 0.25) is 0 Å². The van der Waals surface area contributed by atoms with E-state index >= 15 is 0 Å². The summed E-state index contributed by atoms with van der Waals surface area (Å²) in [4.78, 5) is 2.03. The van der Waals surface area contributed by atoms with Crippen molar-refractivity contribution in [2.75, 3.05) is 41.7 Å². The number of halogens is 1. The quantitative estimate of drug-likeness (QED) is 0.910. The van der Waals surface area contributed by atoms with Crippen LogP contribution in [0, 0.1) is 5.82 Å². The number of hydrogen-bond acceptors (Lipinski definition) is 4. The van der Waals surface area contributed by atoms with E-state index in [1.54, 1.807) is 6.07 Å². The topological polar surface area (TPSA) is 58.6 Å². The predicted molar refractivity (Wildman–Crippen MR) is 72.5 cm³/mol. The van der Waals surface area contributed by atoms with E-state index in [0.717, 1.165) is 5.69 Å². The van der Waals surface area contributed by atoms with Gasteiger partial charge in [0.25, 0.3) is 0 Å². The molecule has 0 spiro atoms. The maximum Gasteiger partial charge on any atom is 0.232 e. The van der Waals surface area contributed by atoms with Crippen LogP contribution in [0.1, 0.15) is 6.92 Å². The van der Waals surface area contributed by atoms with E-state index < -0.39 is 15.8 Å². The molecular weight excluding hydrogens is 271 g/mol. The van der Waals surface area contributed by atoms with Gasteiger partial charge in [-0.25, -0.2) is 12.8 Å². The number of sulfonamides is 1. The first-order chi connectivity index (χ1) is 9.02. The molecule has 0 atom stereocenters. The summed E-state index contributed by atoms with van der Waals surface area (Å²) in [5, 5.41) is 0. The second-order valence-corrected chi connectivity index (χ2v) is 6.28. The van der Waals surface area contributed by atoms with Gasteiger partial charge in [-0.1, -0.05) is 0 Å². The van der Waals surface area contributed by atoms with Crippen LogP contribution in [0.3, 0.4) is 0 Å². The Morgan fingerprint density at radius 3 is 2.68 bits per heavy atom. The number of ether oxygens (including phenoxy) is 1. The number of anilines is 2. The van der Waals surface area contributed by atoms with Crippen molar-refractivity contribution in [3.05, 3.63) is 24.0 Å². The van der Waals surface area contributed by atoms with Crippen molar-refractivity contribution in [2.24, 2.45) is 0 Å². The van der Waals surface area contributed by atoms with Gasteiger partial charge in [-0.15, -0.1) is 0 Å². The Kier molecular flexibility index (Phi) is 4.26. The summed E-state index contributed by atoms with van der Waals surface area (Å²) >= 11 is 0. The minimum absolute atomic E-state index is 0.00848. The Labute approximate surface area is 112 Å². The fourth-order valence-electron chi connectivity index (χ4n) is 1.85. The summed E-state index contributed by atoms with van der Waals surface area (Å²) < 4.78 is 44.1. The van der Waals surface area contributed by atoms with Crippen LogP contribution in [-0.2, 0) is 14.8 Å². The van der Waals surface area contributed by atoms with Crippen molar-refractivity contribution in [2.45, 2.75) is 6.92 Å². The molecule has 0 bridgehead atoms. The van der Waals surface area contributed by atoms with Crippen LogP contribution >= 0.6 is 0 Å². The molecule has 1 heterocycles. The molecule has 1 N–H and O–H groups in total. The Balaban J connectivity index is 2.24. The second-order valence-electron chi connectivity index (χ2n) is 4.27. The van der Waals surface area contributed by atoms with Gasteiger partial charge in [0, 0.05) is 18.8 Å². The van der Waals surface area contributed by atoms with E-state index in [-0.39, 0.29) is 11.4 Å². The summed E-state index contributed by atoms with van der Waals surface area (Å²) in [6.07, 6.45) is 0. The molecule has 19 heavy (non-hydrogen) atoms. The molecule has 2 rings (SSSR count). The molecule has 5 nitrogen and oxygen atoms in total. The number of nitrogens with one attached hydrogen (secondary N) is 1. The normalized spacial score (nSPS) is 16.4. The zero-order valence-electron chi connectivity index (χ0n) is 10.7. The van der Waals surface area contributed by atoms with Gasteiger partial charge in [-0.2, -0.15) is 0 Å². The smallest absolute Gasteiger partial charge is 0.232 e. The molecule has 106 valence electrons. The average Bonchev–Trinajstić information content (AvgIpc) is 2.42. The second kappa shape index (κ2) is 5.75. The molecule has 1 aliphatic heterocycles. The lowest BCUT2D eigenvalue weighted by Gasteiger charge is -2.29. The molecule has 0 radical (unpaired) electrons. The van der Waals surface area contributed by atoms with Crippen LogP contribution in [0.4, 0.5) is 15.8 Å². The zero-order chi connectivity index (χ0) is 13.9. The molecule has 0 saturated carbocycles. The molecule has 0 aromatic heterocycles. The van der Waals surface area contributed by atoms with Gasteiger partial charge >= 0.3 is 0 Å². The van der Waals surface area contributed by atoms with Gasteiger partial charge < -0.3 is 9.64 Å². The minimum Gasteiger partial charge on any atom is -0.378 e. The minimum atomic E-state index is -3.48. The van der Waals surface area contributed by atoms with Crippen molar-refractivity contribution in [1.29, 1.82) is 0 Å². The van der Waals surface area contributed by atoms with Crippen LogP contribution in [0.25, 0.3) is 0 Å². The first kappa shape index (κ1) is 14.1. The zero-order valence-corrected chi connectivity index (χ0v) is 11.5. The average molecular weight is 288 g/mol. The van der Waals surface area contributed by atoms with E-state index in [9.17, 15) is 12.8 Å². The summed E-state index contributed by atoms with van der Waals surface area (Å²) in [7, 11) is -3.48. The number of morpholine rings is 1. The molecule has 0 aliphatic carbocycles. The predicted octanol–water partition coefficient (Wildman–Crippen LogP) is 1.42. The van der Waals surface area contributed by atoms with Crippen molar-refractivity contribution in [3.63, 3.8) is 0 Å². The first-order valence-corrected chi connectivity index (χ1v) is 7.80. The number of nitrogens with zero attached hydrogens (tertiary/aromatic N) is 1. The number of hydrogen-bond donors (Lipinski definition) is 1. The van der Waals surface area contributed by atoms with Gasteiger partial charge in [0.2, 0.25) is 10.0 Å². The highest BCUT2D eigenvalue weighted by atomic mass is 32.2. The molecule has 1 aromatic rings. The maximum atomic E-state index is 13.6. The van der Waals surface area contributed by atoms with Crippen molar-refractivity contribution >= 4 is 21.4 Å². The Bertz CT molecular complexity index is 542. The van der Waals surface area contributed by atoms with E-state index in [4.69, 9.17) is 4.74 Å². The standard InChI is InChI=1S/C12H17FN2O3S/c1-2-19(16,17)14-12-9-10(3-4-11(12)13)15-5-7-18-8-6-15/h3-4,9,14H,2,5-8H2,1H3. The molecule has 1 aromatic carbocycles. The number of rotatable bonds is 4. The Morgan fingerprint density at radius 1 is 1.37 bits per heavy atom. The summed E-state index contributed by atoms with van der Waals surface area (Å²) in [5.41, 5.74) is 0.782. The van der Waals surface area contributed by atoms with Gasteiger partial charge in [-0.05, 0) is 25.1 Å². The summed E-state index contributed by atoms with van der Waals surface area (Å²) in [5.74, 6) is -0.664. The highest BCUT2D eigenvalue weighted by Crippen LogP contribution is 2.24. The van der Waals surface area contributed by atoms with Crippen molar-refractivity contribution in [3.8, 4) is 0 Å². The largest absolute Gasteiger partial charge is 0.378 e. The van der Waals surface area contributed by atoms with Gasteiger partial charge in [-0.3, -0.25) is 4.72 Å². The highest BCUT2D eigenvalue weighted by Gasteiger charge is 2.15. The van der Waals surface area contributed by atoms with E-state index in [2.05, 4.69) is 4.72 Å². The van der Waals surface area contributed by atoms with Gasteiger partial charge in [0.15, 0.2) is 0 Å². The lowest BCUT2D eigenvalue weighted by molar-refractivity contribution is 0.122. The molecule has 1 aliphatic rings. The lowest BCUT2D eigenvalue weighted by atomic mass is 10.2. The van der Waals surface area contributed by atoms with E-state index in [1.165, 1.54) is 19.1 Å². The van der Waals surface area contributed by atoms with Gasteiger partial charge in [0.05, 0.1) is 24.7 Å².